The topological polar surface area (TPSA) is 65.6 Å². The van der Waals surface area contributed by atoms with Gasteiger partial charge in [0.15, 0.2) is 10.2 Å². The van der Waals surface area contributed by atoms with Crippen molar-refractivity contribution >= 4 is 11.8 Å². The number of aromatic nitrogens is 2. The number of hydrogen-bond donors (Lipinski definition) is 1. The zero-order chi connectivity index (χ0) is 16.5. The highest BCUT2D eigenvalue weighted by atomic mass is 32.2. The third kappa shape index (κ3) is 3.49. The standard InChI is InChI=1S/C17H22N4O2S/c1-12-8-21-10-14(22)7-13(21)9-20(12)11-15-3-4-16(23-15)24-17-18-5-2-6-19-17/h2-6,12-14,22H,7-11H2,1H3/t12-,13?,14-/m1/s1. The Labute approximate surface area is 145 Å². The Morgan fingerprint density at radius 2 is 2.08 bits per heavy atom. The van der Waals surface area contributed by atoms with Crippen molar-refractivity contribution in [1.82, 2.24) is 19.8 Å². The molecule has 128 valence electrons. The van der Waals surface area contributed by atoms with Crippen molar-refractivity contribution in [3.63, 3.8) is 0 Å². The maximum Gasteiger partial charge on any atom is 0.195 e. The van der Waals surface area contributed by atoms with E-state index in [4.69, 9.17) is 4.42 Å². The van der Waals surface area contributed by atoms with Crippen LogP contribution in [0.1, 0.15) is 19.1 Å². The first-order valence-electron chi connectivity index (χ1n) is 8.37. The summed E-state index contributed by atoms with van der Waals surface area (Å²) < 4.78 is 5.95. The van der Waals surface area contributed by atoms with Crippen LogP contribution in [0.5, 0.6) is 0 Å². The fraction of sp³-hybridized carbons (Fsp3) is 0.529. The molecule has 0 spiro atoms. The second-order valence-corrected chi connectivity index (χ2v) is 7.60. The molecule has 2 aromatic heterocycles. The van der Waals surface area contributed by atoms with E-state index in [-0.39, 0.29) is 6.10 Å². The molecule has 6 nitrogen and oxygen atoms in total. The molecule has 2 fully saturated rings. The van der Waals surface area contributed by atoms with Crippen molar-refractivity contribution in [1.29, 1.82) is 0 Å². The summed E-state index contributed by atoms with van der Waals surface area (Å²) in [4.78, 5) is 13.3. The molecule has 1 N–H and O–H groups in total. The molecule has 24 heavy (non-hydrogen) atoms. The number of hydrogen-bond acceptors (Lipinski definition) is 7. The minimum Gasteiger partial charge on any atom is -0.453 e. The molecule has 0 saturated carbocycles. The van der Waals surface area contributed by atoms with E-state index in [2.05, 4.69) is 26.7 Å². The predicted molar refractivity (Wildman–Crippen MR) is 90.7 cm³/mol. The highest BCUT2D eigenvalue weighted by molar-refractivity contribution is 7.99. The maximum atomic E-state index is 9.87. The van der Waals surface area contributed by atoms with E-state index in [1.807, 2.05) is 12.1 Å². The highest BCUT2D eigenvalue weighted by Crippen LogP contribution is 2.29. The summed E-state index contributed by atoms with van der Waals surface area (Å²) in [6.07, 6.45) is 4.18. The molecule has 2 aromatic rings. The summed E-state index contributed by atoms with van der Waals surface area (Å²) in [6.45, 7) is 5.88. The molecule has 7 heteroatoms. The van der Waals surface area contributed by atoms with E-state index in [1.54, 1.807) is 18.5 Å². The van der Waals surface area contributed by atoms with Gasteiger partial charge < -0.3 is 9.52 Å². The minimum absolute atomic E-state index is 0.167. The number of aliphatic hydroxyl groups excluding tert-OH is 1. The number of aliphatic hydroxyl groups is 1. The van der Waals surface area contributed by atoms with Gasteiger partial charge in [-0.3, -0.25) is 9.80 Å². The Bertz CT molecular complexity index is 680. The summed E-state index contributed by atoms with van der Waals surface area (Å²) in [5.74, 6) is 0.965. The molecule has 2 aliphatic heterocycles. The third-order valence-corrected chi connectivity index (χ3v) is 5.62. The first kappa shape index (κ1) is 16.1. The van der Waals surface area contributed by atoms with Crippen LogP contribution in [0, 0.1) is 0 Å². The average Bonchev–Trinajstić information content (AvgIpc) is 3.14. The van der Waals surface area contributed by atoms with Crippen molar-refractivity contribution in [2.75, 3.05) is 19.6 Å². The molecule has 0 radical (unpaired) electrons. The number of piperazine rings is 1. The van der Waals surface area contributed by atoms with E-state index in [0.717, 1.165) is 43.5 Å². The molecule has 4 heterocycles. The van der Waals surface area contributed by atoms with E-state index >= 15 is 0 Å². The number of rotatable bonds is 4. The van der Waals surface area contributed by atoms with Gasteiger partial charge in [-0.15, -0.1) is 0 Å². The fourth-order valence-corrected chi connectivity index (χ4v) is 4.32. The SMILES string of the molecule is C[C@@H]1CN2C[C@H](O)CC2CN1Cc1ccc(Sc2ncccn2)o1. The van der Waals surface area contributed by atoms with Crippen LogP contribution in [0.3, 0.4) is 0 Å². The van der Waals surface area contributed by atoms with E-state index < -0.39 is 0 Å². The molecule has 4 rings (SSSR count). The van der Waals surface area contributed by atoms with Gasteiger partial charge >= 0.3 is 0 Å². The molecule has 0 aromatic carbocycles. The van der Waals surface area contributed by atoms with Gasteiger partial charge in [-0.05, 0) is 43.3 Å². The van der Waals surface area contributed by atoms with Gasteiger partial charge in [0.05, 0.1) is 12.6 Å². The average molecular weight is 346 g/mol. The van der Waals surface area contributed by atoms with Crippen LogP contribution in [-0.2, 0) is 6.54 Å². The van der Waals surface area contributed by atoms with Crippen LogP contribution in [0.25, 0.3) is 0 Å². The Balaban J connectivity index is 1.39. The van der Waals surface area contributed by atoms with Crippen LogP contribution in [0.15, 0.2) is 45.3 Å². The second-order valence-electron chi connectivity index (χ2n) is 6.63. The van der Waals surface area contributed by atoms with Crippen LogP contribution in [0.4, 0.5) is 0 Å². The monoisotopic (exact) mass is 346 g/mol. The number of furan rings is 1. The predicted octanol–water partition coefficient (Wildman–Crippen LogP) is 1.86. The Morgan fingerprint density at radius 1 is 1.25 bits per heavy atom. The summed E-state index contributed by atoms with van der Waals surface area (Å²) >= 11 is 1.44. The van der Waals surface area contributed by atoms with Crippen LogP contribution >= 0.6 is 11.8 Å². The lowest BCUT2D eigenvalue weighted by molar-refractivity contribution is 0.0476. The lowest BCUT2D eigenvalue weighted by Crippen LogP contribution is -2.54. The Kier molecular flexibility index (Phi) is 4.58. The maximum absolute atomic E-state index is 9.87. The van der Waals surface area contributed by atoms with Crippen molar-refractivity contribution < 1.29 is 9.52 Å². The van der Waals surface area contributed by atoms with Crippen molar-refractivity contribution in [2.24, 2.45) is 0 Å². The van der Waals surface area contributed by atoms with Crippen LogP contribution in [-0.4, -0.2) is 62.7 Å². The van der Waals surface area contributed by atoms with E-state index in [9.17, 15) is 5.11 Å². The summed E-state index contributed by atoms with van der Waals surface area (Å²) in [5, 5.41) is 11.4. The summed E-state index contributed by atoms with van der Waals surface area (Å²) in [6, 6.07) is 6.76. The normalized spacial score (nSPS) is 28.2. The summed E-state index contributed by atoms with van der Waals surface area (Å²) in [7, 11) is 0. The lowest BCUT2D eigenvalue weighted by atomic mass is 10.1. The van der Waals surface area contributed by atoms with Gasteiger partial charge in [0, 0.05) is 44.1 Å². The van der Waals surface area contributed by atoms with Gasteiger partial charge in [0.2, 0.25) is 0 Å². The number of nitrogens with zero attached hydrogens (tertiary/aromatic N) is 4. The van der Waals surface area contributed by atoms with Gasteiger partial charge in [-0.25, -0.2) is 9.97 Å². The van der Waals surface area contributed by atoms with Crippen molar-refractivity contribution in [3.8, 4) is 0 Å². The molecule has 2 aliphatic rings. The Hall–Kier alpha value is -1.41. The van der Waals surface area contributed by atoms with E-state index in [1.165, 1.54) is 11.8 Å². The number of fused-ring (bicyclic) bond motifs is 1. The molecule has 2 saturated heterocycles. The zero-order valence-electron chi connectivity index (χ0n) is 13.7. The van der Waals surface area contributed by atoms with Crippen LogP contribution < -0.4 is 0 Å². The molecule has 3 atom stereocenters. The molecular formula is C17H22N4O2S. The molecular weight excluding hydrogens is 324 g/mol. The molecule has 0 aliphatic carbocycles. The largest absolute Gasteiger partial charge is 0.453 e. The minimum atomic E-state index is -0.167. The third-order valence-electron chi connectivity index (χ3n) is 4.80. The van der Waals surface area contributed by atoms with Gasteiger partial charge in [0.25, 0.3) is 0 Å². The second kappa shape index (κ2) is 6.84. The zero-order valence-corrected chi connectivity index (χ0v) is 14.5. The van der Waals surface area contributed by atoms with Crippen molar-refractivity contribution in [2.45, 2.75) is 48.3 Å². The molecule has 1 unspecified atom stereocenters. The lowest BCUT2D eigenvalue weighted by Gasteiger charge is -2.41. The summed E-state index contributed by atoms with van der Waals surface area (Å²) in [5.41, 5.74) is 0. The first-order valence-corrected chi connectivity index (χ1v) is 9.19. The van der Waals surface area contributed by atoms with Gasteiger partial charge in [-0.2, -0.15) is 0 Å². The Morgan fingerprint density at radius 3 is 2.92 bits per heavy atom. The smallest absolute Gasteiger partial charge is 0.195 e. The first-order chi connectivity index (χ1) is 11.7. The van der Waals surface area contributed by atoms with Crippen LogP contribution in [0.2, 0.25) is 0 Å². The van der Waals surface area contributed by atoms with Gasteiger partial charge in [-0.1, -0.05) is 0 Å². The van der Waals surface area contributed by atoms with E-state index in [0.29, 0.717) is 17.2 Å². The molecule has 0 bridgehead atoms. The highest BCUT2D eigenvalue weighted by Gasteiger charge is 2.38. The quantitative estimate of drug-likeness (QED) is 0.848. The molecule has 0 amide bonds. The van der Waals surface area contributed by atoms with Crippen molar-refractivity contribution in [3.05, 3.63) is 36.4 Å². The fourth-order valence-electron chi connectivity index (χ4n) is 3.62. The van der Waals surface area contributed by atoms with Gasteiger partial charge in [0.1, 0.15) is 5.76 Å².